The van der Waals surface area contributed by atoms with Crippen molar-refractivity contribution in [3.8, 4) is 0 Å². The average Bonchev–Trinajstić information content (AvgIpc) is 2.29. The van der Waals surface area contributed by atoms with E-state index < -0.39 is 4.87 Å². The van der Waals surface area contributed by atoms with Crippen LogP contribution in [0.1, 0.15) is 19.8 Å². The smallest absolute Gasteiger partial charge is 0.328 e. The molecular formula is C11H17BrClNO2. The van der Waals surface area contributed by atoms with Crippen molar-refractivity contribution < 1.29 is 9.53 Å². The van der Waals surface area contributed by atoms with E-state index in [1.54, 1.807) is 0 Å². The molecule has 0 saturated carbocycles. The molecule has 2 bridgehead atoms. The molecule has 16 heavy (non-hydrogen) atoms. The highest BCUT2D eigenvalue weighted by molar-refractivity contribution is 8.93. The Morgan fingerprint density at radius 1 is 1.69 bits per heavy atom. The zero-order valence-electron chi connectivity index (χ0n) is 9.46. The van der Waals surface area contributed by atoms with Gasteiger partial charge < -0.3 is 10.1 Å². The highest BCUT2D eigenvalue weighted by Crippen LogP contribution is 2.47. The van der Waals surface area contributed by atoms with E-state index in [1.807, 2.05) is 6.08 Å². The molecule has 2 aliphatic heterocycles. The van der Waals surface area contributed by atoms with Gasteiger partial charge in [0.15, 0.2) is 4.87 Å². The SMILES string of the molecule is Br.CCC12C=CC(NC1)C(Cl)(C(=O)OC)C2. The molecule has 0 aromatic carbocycles. The zero-order chi connectivity index (χ0) is 11.1. The van der Waals surface area contributed by atoms with E-state index in [1.165, 1.54) is 7.11 Å². The van der Waals surface area contributed by atoms with Gasteiger partial charge in [-0.15, -0.1) is 28.6 Å². The van der Waals surface area contributed by atoms with Gasteiger partial charge >= 0.3 is 5.97 Å². The van der Waals surface area contributed by atoms with Gasteiger partial charge in [0, 0.05) is 12.0 Å². The number of methoxy groups -OCH3 is 1. The lowest BCUT2D eigenvalue weighted by atomic mass is 9.66. The fourth-order valence-electron chi connectivity index (χ4n) is 2.54. The molecule has 3 aliphatic rings. The number of rotatable bonds is 2. The quantitative estimate of drug-likeness (QED) is 0.482. The van der Waals surface area contributed by atoms with E-state index in [0.717, 1.165) is 13.0 Å². The first-order valence-electron chi connectivity index (χ1n) is 5.26. The summed E-state index contributed by atoms with van der Waals surface area (Å²) in [5, 5.41) is 3.30. The zero-order valence-corrected chi connectivity index (χ0v) is 11.9. The number of piperidine rings is 1. The van der Waals surface area contributed by atoms with Crippen molar-refractivity contribution in [1.82, 2.24) is 5.32 Å². The molecule has 3 nitrogen and oxygen atoms in total. The molecular weight excluding hydrogens is 293 g/mol. The number of hydrogen-bond acceptors (Lipinski definition) is 3. The van der Waals surface area contributed by atoms with Gasteiger partial charge in [0.05, 0.1) is 13.2 Å². The molecule has 3 atom stereocenters. The number of carbonyl (C=O) groups excluding carboxylic acids is 1. The number of carbonyl (C=O) groups is 1. The second-order valence-electron chi connectivity index (χ2n) is 4.46. The van der Waals surface area contributed by atoms with Crippen molar-refractivity contribution >= 4 is 34.6 Å². The summed E-state index contributed by atoms with van der Waals surface area (Å²) in [6.07, 6.45) is 5.84. The monoisotopic (exact) mass is 309 g/mol. The Hall–Kier alpha value is -0.0600. The van der Waals surface area contributed by atoms with Crippen molar-refractivity contribution in [2.45, 2.75) is 30.7 Å². The average molecular weight is 311 g/mol. The van der Waals surface area contributed by atoms with Crippen molar-refractivity contribution in [3.63, 3.8) is 0 Å². The molecule has 0 spiro atoms. The third-order valence-electron chi connectivity index (χ3n) is 3.65. The van der Waals surface area contributed by atoms with Crippen molar-refractivity contribution in [3.05, 3.63) is 12.2 Å². The fourth-order valence-corrected chi connectivity index (χ4v) is 3.03. The lowest BCUT2D eigenvalue weighted by molar-refractivity contribution is -0.146. The first-order chi connectivity index (χ1) is 7.06. The van der Waals surface area contributed by atoms with Crippen LogP contribution in [0.25, 0.3) is 0 Å². The van der Waals surface area contributed by atoms with Crippen molar-refractivity contribution in [2.24, 2.45) is 5.41 Å². The second-order valence-corrected chi connectivity index (χ2v) is 5.14. The summed E-state index contributed by atoms with van der Waals surface area (Å²) in [6, 6.07) is -0.0972. The normalized spacial score (nSPS) is 40.3. The number of fused-ring (bicyclic) bond motifs is 2. The molecule has 0 radical (unpaired) electrons. The molecule has 0 aromatic heterocycles. The molecule has 1 aliphatic carbocycles. The Bertz CT molecular complexity index is 323. The molecule has 92 valence electrons. The van der Waals surface area contributed by atoms with Gasteiger partial charge in [0.2, 0.25) is 0 Å². The lowest BCUT2D eigenvalue weighted by Crippen LogP contribution is -2.63. The number of esters is 1. The Morgan fingerprint density at radius 2 is 2.38 bits per heavy atom. The summed E-state index contributed by atoms with van der Waals surface area (Å²) in [7, 11) is 1.39. The fraction of sp³-hybridized carbons (Fsp3) is 0.727. The second kappa shape index (κ2) is 4.67. The molecule has 1 fully saturated rings. The molecule has 0 amide bonds. The van der Waals surface area contributed by atoms with Gasteiger partial charge in [-0.25, -0.2) is 0 Å². The Balaban J connectivity index is 0.00000128. The summed E-state index contributed by atoms with van der Waals surface area (Å²) < 4.78 is 4.79. The van der Waals surface area contributed by atoms with E-state index >= 15 is 0 Å². The summed E-state index contributed by atoms with van der Waals surface area (Å²) in [5.74, 6) is -0.330. The van der Waals surface area contributed by atoms with Crippen LogP contribution in [0.4, 0.5) is 0 Å². The van der Waals surface area contributed by atoms with E-state index in [2.05, 4.69) is 18.3 Å². The largest absolute Gasteiger partial charge is 0.468 e. The molecule has 3 unspecified atom stereocenters. The highest BCUT2D eigenvalue weighted by atomic mass is 79.9. The van der Waals surface area contributed by atoms with Crippen LogP contribution in [0.3, 0.4) is 0 Å². The maximum Gasteiger partial charge on any atom is 0.328 e. The summed E-state index contributed by atoms with van der Waals surface area (Å²) in [5.41, 5.74) is 0.0185. The third kappa shape index (κ3) is 1.91. The van der Waals surface area contributed by atoms with Crippen molar-refractivity contribution in [1.29, 1.82) is 0 Å². The maximum absolute atomic E-state index is 11.7. The highest BCUT2D eigenvalue weighted by Gasteiger charge is 2.55. The first-order valence-corrected chi connectivity index (χ1v) is 5.64. The van der Waals surface area contributed by atoms with E-state index in [4.69, 9.17) is 16.3 Å². The molecule has 5 heteroatoms. The maximum atomic E-state index is 11.7. The first kappa shape index (κ1) is 14.0. The number of nitrogens with one attached hydrogen (secondary N) is 1. The van der Waals surface area contributed by atoms with Crippen LogP contribution in [-0.4, -0.2) is 30.5 Å². The number of halogens is 2. The van der Waals surface area contributed by atoms with Crippen LogP contribution >= 0.6 is 28.6 Å². The number of hydrogen-bond donors (Lipinski definition) is 1. The van der Waals surface area contributed by atoms with Gasteiger partial charge in [-0.3, -0.25) is 4.79 Å². The van der Waals surface area contributed by atoms with Crippen LogP contribution in [0, 0.1) is 5.41 Å². The summed E-state index contributed by atoms with van der Waals surface area (Å²) >= 11 is 6.40. The Kier molecular flexibility index (Phi) is 4.08. The molecule has 1 N–H and O–H groups in total. The van der Waals surface area contributed by atoms with E-state index in [9.17, 15) is 4.79 Å². The van der Waals surface area contributed by atoms with Gasteiger partial charge in [-0.2, -0.15) is 0 Å². The Morgan fingerprint density at radius 3 is 2.81 bits per heavy atom. The van der Waals surface area contributed by atoms with Crippen LogP contribution in [0.5, 0.6) is 0 Å². The number of alkyl halides is 1. The molecule has 2 heterocycles. The third-order valence-corrected chi connectivity index (χ3v) is 4.17. The van der Waals surface area contributed by atoms with E-state index in [-0.39, 0.29) is 34.4 Å². The van der Waals surface area contributed by atoms with Crippen LogP contribution in [0.15, 0.2) is 12.2 Å². The molecule has 3 rings (SSSR count). The van der Waals surface area contributed by atoms with Crippen molar-refractivity contribution in [2.75, 3.05) is 13.7 Å². The van der Waals surface area contributed by atoms with Crippen LogP contribution in [0.2, 0.25) is 0 Å². The predicted octanol–water partition coefficient (Wildman–Crippen LogP) is 2.04. The molecule has 1 saturated heterocycles. The van der Waals surface area contributed by atoms with Gasteiger partial charge in [0.25, 0.3) is 0 Å². The van der Waals surface area contributed by atoms with Gasteiger partial charge in [0.1, 0.15) is 0 Å². The van der Waals surface area contributed by atoms with Gasteiger partial charge in [-0.1, -0.05) is 19.1 Å². The number of ether oxygens (including phenoxy) is 1. The standard InChI is InChI=1S/C11H16ClNO2.BrH/c1-3-10-5-4-8(13-7-10)11(12,6-10)9(14)15-2;/h4-5,8,13H,3,6-7H2,1-2H3;1H. The Labute approximate surface area is 111 Å². The van der Waals surface area contributed by atoms with E-state index in [0.29, 0.717) is 6.42 Å². The van der Waals surface area contributed by atoms with Gasteiger partial charge in [-0.05, 0) is 12.8 Å². The minimum Gasteiger partial charge on any atom is -0.468 e. The minimum absolute atomic E-state index is 0. The topological polar surface area (TPSA) is 38.3 Å². The summed E-state index contributed by atoms with van der Waals surface area (Å²) in [4.78, 5) is 10.8. The summed E-state index contributed by atoms with van der Waals surface area (Å²) in [6.45, 7) is 3.02. The van der Waals surface area contributed by atoms with Crippen LogP contribution < -0.4 is 5.32 Å². The minimum atomic E-state index is -0.919. The predicted molar refractivity (Wildman–Crippen MR) is 69.2 cm³/mol. The lowest BCUT2D eigenvalue weighted by Gasteiger charge is -2.49. The van der Waals surface area contributed by atoms with Crippen LogP contribution in [-0.2, 0) is 9.53 Å². The molecule has 0 aromatic rings.